The summed E-state index contributed by atoms with van der Waals surface area (Å²) < 4.78 is 7.13. The summed E-state index contributed by atoms with van der Waals surface area (Å²) in [6.45, 7) is 4.36. The van der Waals surface area contributed by atoms with Gasteiger partial charge < -0.3 is 14.2 Å². The van der Waals surface area contributed by atoms with E-state index in [1.165, 1.54) is 16.6 Å². The number of hydrogen-bond acceptors (Lipinski definition) is 7. The number of thiophene rings is 1. The summed E-state index contributed by atoms with van der Waals surface area (Å²) in [5, 5.41) is 11.4. The molecule has 0 radical (unpaired) electrons. The first-order valence-corrected chi connectivity index (χ1v) is 11.7. The van der Waals surface area contributed by atoms with Gasteiger partial charge >= 0.3 is 0 Å². The van der Waals surface area contributed by atoms with Crippen molar-refractivity contribution in [2.24, 2.45) is 7.05 Å². The van der Waals surface area contributed by atoms with Crippen LogP contribution in [0.4, 0.5) is 0 Å². The van der Waals surface area contributed by atoms with E-state index in [0.29, 0.717) is 5.75 Å². The van der Waals surface area contributed by atoms with Crippen molar-refractivity contribution in [2.45, 2.75) is 11.7 Å². The quantitative estimate of drug-likeness (QED) is 0.523. The number of carbonyl (C=O) groups excluding carboxylic acids is 1. The van der Waals surface area contributed by atoms with E-state index in [1.54, 1.807) is 18.4 Å². The molecule has 9 heteroatoms. The molecule has 0 saturated carbocycles. The number of piperazine rings is 1. The minimum atomic E-state index is 0.157. The highest BCUT2D eigenvalue weighted by atomic mass is 32.2. The highest BCUT2D eigenvalue weighted by molar-refractivity contribution is 7.99. The molecule has 1 saturated heterocycles. The Bertz CT molecular complexity index is 964. The van der Waals surface area contributed by atoms with Gasteiger partial charge in [0.15, 0.2) is 11.0 Å². The van der Waals surface area contributed by atoms with Crippen LogP contribution in [0.15, 0.2) is 46.9 Å². The lowest BCUT2D eigenvalue weighted by molar-refractivity contribution is -0.130. The molecule has 2 aromatic heterocycles. The second kappa shape index (κ2) is 9.63. The zero-order valence-electron chi connectivity index (χ0n) is 17.2. The average molecular weight is 444 g/mol. The Morgan fingerprint density at radius 1 is 1.13 bits per heavy atom. The molecule has 1 aliphatic heterocycles. The molecule has 0 unspecified atom stereocenters. The number of methoxy groups -OCH3 is 1. The van der Waals surface area contributed by atoms with Crippen LogP contribution in [0.1, 0.15) is 4.88 Å². The van der Waals surface area contributed by atoms with Crippen LogP contribution < -0.4 is 4.74 Å². The molecule has 3 aromatic rings. The fourth-order valence-electron chi connectivity index (χ4n) is 3.43. The third kappa shape index (κ3) is 4.85. The Hall–Kier alpha value is -2.36. The van der Waals surface area contributed by atoms with Crippen LogP contribution in [0.5, 0.6) is 5.75 Å². The van der Waals surface area contributed by atoms with Gasteiger partial charge in [-0.2, -0.15) is 0 Å². The summed E-state index contributed by atoms with van der Waals surface area (Å²) >= 11 is 3.22. The second-order valence-electron chi connectivity index (χ2n) is 7.12. The fourth-order valence-corrected chi connectivity index (χ4v) is 4.99. The summed E-state index contributed by atoms with van der Waals surface area (Å²) in [5.41, 5.74) is 0.964. The van der Waals surface area contributed by atoms with E-state index in [9.17, 15) is 4.79 Å². The Kier molecular flexibility index (Phi) is 6.71. The Morgan fingerprint density at radius 3 is 2.57 bits per heavy atom. The predicted octanol–water partition coefficient (Wildman–Crippen LogP) is 2.99. The van der Waals surface area contributed by atoms with Crippen molar-refractivity contribution in [1.82, 2.24) is 24.6 Å². The number of thioether (sulfide) groups is 1. The molecular weight excluding hydrogens is 418 g/mol. The molecule has 158 valence electrons. The molecule has 30 heavy (non-hydrogen) atoms. The molecule has 1 fully saturated rings. The Balaban J connectivity index is 1.28. The number of rotatable bonds is 7. The van der Waals surface area contributed by atoms with Crippen LogP contribution in [0, 0.1) is 0 Å². The molecule has 0 spiro atoms. The maximum absolute atomic E-state index is 12.7. The molecule has 0 bridgehead atoms. The van der Waals surface area contributed by atoms with Gasteiger partial charge in [0.05, 0.1) is 12.9 Å². The van der Waals surface area contributed by atoms with Gasteiger partial charge in [-0.25, -0.2) is 0 Å². The van der Waals surface area contributed by atoms with Gasteiger partial charge in [-0.15, -0.1) is 21.5 Å². The van der Waals surface area contributed by atoms with E-state index in [-0.39, 0.29) is 5.91 Å². The lowest BCUT2D eigenvalue weighted by atomic mass is 10.2. The van der Waals surface area contributed by atoms with Gasteiger partial charge in [-0.05, 0) is 35.7 Å². The SMILES string of the molecule is COc1ccc(-c2nnc(SCC(=O)N3CCN(Cc4cccs4)CC3)n2C)cc1. The van der Waals surface area contributed by atoms with E-state index in [0.717, 1.165) is 55.0 Å². The lowest BCUT2D eigenvalue weighted by Gasteiger charge is -2.34. The molecule has 1 aliphatic rings. The summed E-state index contributed by atoms with van der Waals surface area (Å²) in [7, 11) is 3.57. The largest absolute Gasteiger partial charge is 0.497 e. The maximum Gasteiger partial charge on any atom is 0.233 e. The number of hydrogen-bond donors (Lipinski definition) is 0. The Morgan fingerprint density at radius 2 is 1.90 bits per heavy atom. The van der Waals surface area contributed by atoms with Crippen LogP contribution in [-0.2, 0) is 18.4 Å². The number of benzene rings is 1. The average Bonchev–Trinajstić information content (AvgIpc) is 3.42. The molecule has 0 N–H and O–H groups in total. The first-order chi connectivity index (χ1) is 14.6. The zero-order valence-corrected chi connectivity index (χ0v) is 18.8. The maximum atomic E-state index is 12.7. The van der Waals surface area contributed by atoms with Gasteiger partial charge in [0.25, 0.3) is 0 Å². The number of carbonyl (C=O) groups is 1. The molecule has 0 atom stereocenters. The van der Waals surface area contributed by atoms with E-state index in [1.807, 2.05) is 40.8 Å². The number of nitrogens with zero attached hydrogens (tertiary/aromatic N) is 5. The summed E-state index contributed by atoms with van der Waals surface area (Å²) in [4.78, 5) is 18.4. The third-order valence-electron chi connectivity index (χ3n) is 5.19. The predicted molar refractivity (Wildman–Crippen MR) is 120 cm³/mol. The summed E-state index contributed by atoms with van der Waals surface area (Å²) in [6.07, 6.45) is 0. The smallest absolute Gasteiger partial charge is 0.233 e. The van der Waals surface area contributed by atoms with Crippen molar-refractivity contribution >= 4 is 29.0 Å². The minimum absolute atomic E-state index is 0.157. The van der Waals surface area contributed by atoms with Crippen molar-refractivity contribution in [3.63, 3.8) is 0 Å². The molecule has 1 amide bonds. The highest BCUT2D eigenvalue weighted by Crippen LogP contribution is 2.24. The molecule has 4 rings (SSSR count). The lowest BCUT2D eigenvalue weighted by Crippen LogP contribution is -2.48. The van der Waals surface area contributed by atoms with Crippen molar-refractivity contribution in [2.75, 3.05) is 39.0 Å². The number of amides is 1. The van der Waals surface area contributed by atoms with Gasteiger partial charge in [0, 0.05) is 50.2 Å². The van der Waals surface area contributed by atoms with E-state index in [4.69, 9.17) is 4.74 Å². The highest BCUT2D eigenvalue weighted by Gasteiger charge is 2.22. The second-order valence-corrected chi connectivity index (χ2v) is 9.09. The molecule has 3 heterocycles. The van der Waals surface area contributed by atoms with Crippen LogP contribution in [-0.4, -0.2) is 69.5 Å². The molecule has 1 aromatic carbocycles. The summed E-state index contributed by atoms with van der Waals surface area (Å²) in [5.74, 6) is 2.11. The molecule has 0 aliphatic carbocycles. The first-order valence-electron chi connectivity index (χ1n) is 9.83. The monoisotopic (exact) mass is 443 g/mol. The van der Waals surface area contributed by atoms with E-state index in [2.05, 4.69) is 32.6 Å². The third-order valence-corrected chi connectivity index (χ3v) is 7.06. The standard InChI is InChI=1S/C21H25N5O2S2/c1-24-20(16-5-7-17(28-2)8-6-16)22-23-21(24)30-15-19(27)26-11-9-25(10-12-26)14-18-4-3-13-29-18/h3-8,13H,9-12,14-15H2,1-2H3. The van der Waals surface area contributed by atoms with Crippen LogP contribution in [0.3, 0.4) is 0 Å². The fraction of sp³-hybridized carbons (Fsp3) is 0.381. The van der Waals surface area contributed by atoms with Gasteiger partial charge in [-0.3, -0.25) is 9.69 Å². The number of aromatic nitrogens is 3. The van der Waals surface area contributed by atoms with Crippen LogP contribution in [0.25, 0.3) is 11.4 Å². The van der Waals surface area contributed by atoms with Gasteiger partial charge in [0.2, 0.25) is 5.91 Å². The van der Waals surface area contributed by atoms with E-state index >= 15 is 0 Å². The van der Waals surface area contributed by atoms with Gasteiger partial charge in [0.1, 0.15) is 5.75 Å². The Labute approximate surface area is 184 Å². The van der Waals surface area contributed by atoms with Crippen molar-refractivity contribution in [3.8, 4) is 17.1 Å². The van der Waals surface area contributed by atoms with Crippen molar-refractivity contribution < 1.29 is 9.53 Å². The molecule has 7 nitrogen and oxygen atoms in total. The van der Waals surface area contributed by atoms with Crippen LogP contribution in [0.2, 0.25) is 0 Å². The normalized spacial score (nSPS) is 14.8. The number of ether oxygens (including phenoxy) is 1. The first kappa shape index (κ1) is 20.9. The zero-order chi connectivity index (χ0) is 20.9. The minimum Gasteiger partial charge on any atom is -0.497 e. The van der Waals surface area contributed by atoms with Crippen molar-refractivity contribution in [3.05, 3.63) is 46.7 Å². The van der Waals surface area contributed by atoms with Gasteiger partial charge in [-0.1, -0.05) is 17.8 Å². The summed E-state index contributed by atoms with van der Waals surface area (Å²) in [6, 6.07) is 12.0. The van der Waals surface area contributed by atoms with Crippen LogP contribution >= 0.6 is 23.1 Å². The topological polar surface area (TPSA) is 63.5 Å². The van der Waals surface area contributed by atoms with E-state index < -0.39 is 0 Å². The molecular formula is C21H25N5O2S2. The van der Waals surface area contributed by atoms with Crippen molar-refractivity contribution in [1.29, 1.82) is 0 Å².